The highest BCUT2D eigenvalue weighted by atomic mass is 35.5. The minimum absolute atomic E-state index is 0.199. The van der Waals surface area contributed by atoms with Crippen LogP contribution in [0.15, 0.2) is 6.07 Å². The van der Waals surface area contributed by atoms with Crippen LogP contribution in [-0.2, 0) is 5.41 Å². The lowest BCUT2D eigenvalue weighted by Gasteiger charge is -2.33. The Hall–Kier alpha value is -0.630. The lowest BCUT2D eigenvalue weighted by atomic mass is 9.70. The molecule has 1 heterocycles. The van der Waals surface area contributed by atoms with Crippen molar-refractivity contribution in [2.75, 3.05) is 0 Å². The van der Waals surface area contributed by atoms with Crippen LogP contribution in [0.5, 0.6) is 0 Å². The van der Waals surface area contributed by atoms with E-state index in [0.717, 1.165) is 0 Å². The molecule has 0 spiro atoms. The number of fused-ring (bicyclic) bond motifs is 5. The molecule has 0 aliphatic heterocycles. The highest BCUT2D eigenvalue weighted by Crippen LogP contribution is 2.67. The zero-order chi connectivity index (χ0) is 10.8. The maximum Gasteiger partial charge on any atom is 0.152 e. The van der Waals surface area contributed by atoms with E-state index in [-0.39, 0.29) is 5.41 Å². The van der Waals surface area contributed by atoms with E-state index in [0.29, 0.717) is 16.5 Å². The zero-order valence-corrected chi connectivity index (χ0v) is 10.1. The van der Waals surface area contributed by atoms with Gasteiger partial charge in [0.15, 0.2) is 5.15 Å². The summed E-state index contributed by atoms with van der Waals surface area (Å²) < 4.78 is 0. The molecule has 2 nitrogen and oxygen atoms in total. The first-order valence-corrected chi connectivity index (χ1v) is 5.88. The molecule has 2 aliphatic carbocycles. The Morgan fingerprint density at radius 3 is 2.80 bits per heavy atom. The molecular formula is C12H15ClN2. The Kier molecular flexibility index (Phi) is 1.62. The Bertz CT molecular complexity index is 441. The third-order valence-corrected chi connectivity index (χ3v) is 5.10. The van der Waals surface area contributed by atoms with Crippen LogP contribution in [0, 0.1) is 5.41 Å². The summed E-state index contributed by atoms with van der Waals surface area (Å²) in [4.78, 5) is 0. The average molecular weight is 223 g/mol. The van der Waals surface area contributed by atoms with Crippen molar-refractivity contribution in [3.63, 3.8) is 0 Å². The smallest absolute Gasteiger partial charge is 0.152 e. The molecule has 1 aromatic heterocycles. The molecule has 0 amide bonds. The van der Waals surface area contributed by atoms with Crippen LogP contribution in [0.25, 0.3) is 0 Å². The average Bonchev–Trinajstić information content (AvgIpc) is 2.47. The van der Waals surface area contributed by atoms with Gasteiger partial charge in [0.1, 0.15) is 0 Å². The largest absolute Gasteiger partial charge is 0.153 e. The zero-order valence-electron chi connectivity index (χ0n) is 9.34. The predicted molar refractivity (Wildman–Crippen MR) is 60.2 cm³/mol. The Balaban J connectivity index is 2.29. The van der Waals surface area contributed by atoms with Crippen molar-refractivity contribution in [2.24, 2.45) is 5.41 Å². The van der Waals surface area contributed by atoms with Crippen molar-refractivity contribution in [3.8, 4) is 0 Å². The predicted octanol–water partition coefficient (Wildman–Crippen LogP) is 3.30. The van der Waals surface area contributed by atoms with Gasteiger partial charge < -0.3 is 0 Å². The monoisotopic (exact) mass is 222 g/mol. The maximum absolute atomic E-state index is 5.93. The van der Waals surface area contributed by atoms with Crippen molar-refractivity contribution in [3.05, 3.63) is 22.5 Å². The van der Waals surface area contributed by atoms with Crippen LogP contribution in [-0.4, -0.2) is 10.2 Å². The summed E-state index contributed by atoms with van der Waals surface area (Å²) in [5.41, 5.74) is 3.03. The van der Waals surface area contributed by atoms with E-state index in [4.69, 9.17) is 11.6 Å². The van der Waals surface area contributed by atoms with Gasteiger partial charge in [-0.05, 0) is 35.8 Å². The first-order valence-electron chi connectivity index (χ1n) is 5.50. The normalized spacial score (nSPS) is 35.6. The highest BCUT2D eigenvalue weighted by Gasteiger charge is 2.60. The van der Waals surface area contributed by atoms with Gasteiger partial charge in [0.05, 0.1) is 5.69 Å². The molecule has 1 aromatic rings. The van der Waals surface area contributed by atoms with E-state index in [1.54, 1.807) is 0 Å². The van der Waals surface area contributed by atoms with E-state index in [1.165, 1.54) is 24.1 Å². The van der Waals surface area contributed by atoms with Gasteiger partial charge in [0.2, 0.25) is 0 Å². The van der Waals surface area contributed by atoms with E-state index >= 15 is 0 Å². The molecule has 3 rings (SSSR count). The summed E-state index contributed by atoms with van der Waals surface area (Å²) in [7, 11) is 0. The number of aromatic nitrogens is 2. The molecule has 0 N–H and O–H groups in total. The van der Waals surface area contributed by atoms with Gasteiger partial charge >= 0.3 is 0 Å². The van der Waals surface area contributed by atoms with Crippen LogP contribution >= 0.6 is 11.6 Å². The summed E-state index contributed by atoms with van der Waals surface area (Å²) >= 11 is 5.93. The topological polar surface area (TPSA) is 25.8 Å². The lowest BCUT2D eigenvalue weighted by molar-refractivity contribution is 0.226. The SMILES string of the molecule is CC12CC[C@@H](c3cc(Cl)nnc31)C2(C)C. The van der Waals surface area contributed by atoms with Crippen molar-refractivity contribution >= 4 is 11.6 Å². The van der Waals surface area contributed by atoms with Gasteiger partial charge in [-0.25, -0.2) is 0 Å². The fourth-order valence-corrected chi connectivity index (χ4v) is 3.70. The number of nitrogens with zero attached hydrogens (tertiary/aromatic N) is 2. The second kappa shape index (κ2) is 2.54. The van der Waals surface area contributed by atoms with Gasteiger partial charge in [-0.15, -0.1) is 5.10 Å². The molecule has 1 saturated carbocycles. The molecule has 0 aromatic carbocycles. The summed E-state index contributed by atoms with van der Waals surface area (Å²) in [6.45, 7) is 7.02. The molecule has 1 unspecified atom stereocenters. The van der Waals surface area contributed by atoms with E-state index < -0.39 is 0 Å². The summed E-state index contributed by atoms with van der Waals surface area (Å²) in [5.74, 6) is 0.616. The lowest BCUT2D eigenvalue weighted by Crippen LogP contribution is -2.32. The third kappa shape index (κ3) is 0.919. The Morgan fingerprint density at radius 2 is 2.07 bits per heavy atom. The molecule has 2 aliphatic rings. The molecule has 2 bridgehead atoms. The minimum Gasteiger partial charge on any atom is -0.153 e. The van der Waals surface area contributed by atoms with Crippen molar-refractivity contribution in [1.29, 1.82) is 0 Å². The number of rotatable bonds is 0. The third-order valence-electron chi connectivity index (χ3n) is 4.92. The maximum atomic E-state index is 5.93. The second-order valence-corrected chi connectivity index (χ2v) is 6.00. The van der Waals surface area contributed by atoms with Gasteiger partial charge in [-0.1, -0.05) is 32.4 Å². The number of hydrogen-bond acceptors (Lipinski definition) is 2. The molecular weight excluding hydrogens is 208 g/mol. The van der Waals surface area contributed by atoms with Crippen LogP contribution < -0.4 is 0 Å². The molecule has 15 heavy (non-hydrogen) atoms. The van der Waals surface area contributed by atoms with E-state index in [1.807, 2.05) is 6.07 Å². The Morgan fingerprint density at radius 1 is 1.33 bits per heavy atom. The van der Waals surface area contributed by atoms with Crippen LogP contribution in [0.3, 0.4) is 0 Å². The molecule has 80 valence electrons. The summed E-state index contributed by atoms with van der Waals surface area (Å²) in [6, 6.07) is 2.01. The molecule has 3 heteroatoms. The van der Waals surface area contributed by atoms with Crippen LogP contribution in [0.2, 0.25) is 5.15 Å². The van der Waals surface area contributed by atoms with Crippen molar-refractivity contribution < 1.29 is 0 Å². The van der Waals surface area contributed by atoms with E-state index in [9.17, 15) is 0 Å². The van der Waals surface area contributed by atoms with Crippen LogP contribution in [0.1, 0.15) is 50.8 Å². The van der Waals surface area contributed by atoms with Crippen LogP contribution in [0.4, 0.5) is 0 Å². The first kappa shape index (κ1) is 9.59. The van der Waals surface area contributed by atoms with E-state index in [2.05, 4.69) is 31.0 Å². The van der Waals surface area contributed by atoms with Gasteiger partial charge in [-0.3, -0.25) is 0 Å². The first-order chi connectivity index (χ1) is 6.97. The molecule has 1 fully saturated rings. The fraction of sp³-hybridized carbons (Fsp3) is 0.667. The second-order valence-electron chi connectivity index (χ2n) is 5.62. The fourth-order valence-electron chi connectivity index (χ4n) is 3.54. The Labute approximate surface area is 95.1 Å². The highest BCUT2D eigenvalue weighted by molar-refractivity contribution is 6.29. The minimum atomic E-state index is 0.199. The molecule has 0 radical (unpaired) electrons. The van der Waals surface area contributed by atoms with Crippen molar-refractivity contribution in [1.82, 2.24) is 10.2 Å². The quantitative estimate of drug-likeness (QED) is 0.673. The number of hydrogen-bond donors (Lipinski definition) is 0. The van der Waals surface area contributed by atoms with Gasteiger partial charge in [0, 0.05) is 5.41 Å². The molecule has 0 saturated heterocycles. The molecule has 2 atom stereocenters. The van der Waals surface area contributed by atoms with Crippen molar-refractivity contribution in [2.45, 2.75) is 44.9 Å². The van der Waals surface area contributed by atoms with Gasteiger partial charge in [0.25, 0.3) is 0 Å². The summed E-state index contributed by atoms with van der Waals surface area (Å²) in [6.07, 6.45) is 2.49. The van der Waals surface area contributed by atoms with Gasteiger partial charge in [-0.2, -0.15) is 5.10 Å². The number of halogens is 1. The summed E-state index contributed by atoms with van der Waals surface area (Å²) in [5, 5.41) is 8.85. The standard InChI is InChI=1S/C12H15ClN2/c1-11(2)8-4-5-12(11,3)10-7(8)6-9(13)14-15-10/h6,8H,4-5H2,1-3H3/t8-,12?/m0/s1.